The number of H-pyrrole nitrogens is 1. The maximum atomic E-state index is 9.12. The van der Waals surface area contributed by atoms with Gasteiger partial charge in [-0.15, -0.1) is 0 Å². The summed E-state index contributed by atoms with van der Waals surface area (Å²) in [5, 5.41) is 12.3. The lowest BCUT2D eigenvalue weighted by molar-refractivity contribution is 0.918. The topological polar surface area (TPSA) is 77.4 Å². The van der Waals surface area contributed by atoms with Crippen molar-refractivity contribution in [1.29, 1.82) is 5.26 Å². The molecule has 92 valence electrons. The van der Waals surface area contributed by atoms with Crippen molar-refractivity contribution in [2.45, 2.75) is 20.3 Å². The Labute approximate surface area is 106 Å². The molecule has 2 heterocycles. The fourth-order valence-corrected chi connectivity index (χ4v) is 1.84. The molecule has 0 saturated carbocycles. The number of rotatable bonds is 4. The summed E-state index contributed by atoms with van der Waals surface area (Å²) >= 11 is 0. The molecule has 5 heteroatoms. The molecule has 18 heavy (non-hydrogen) atoms. The molecule has 0 aliphatic rings. The number of aromatic amines is 1. The van der Waals surface area contributed by atoms with Gasteiger partial charge in [-0.1, -0.05) is 0 Å². The van der Waals surface area contributed by atoms with Crippen LogP contribution in [0.1, 0.15) is 22.6 Å². The normalized spacial score (nSPS) is 10.1. The van der Waals surface area contributed by atoms with Crippen LogP contribution in [-0.4, -0.2) is 21.5 Å². The summed E-state index contributed by atoms with van der Waals surface area (Å²) in [6.07, 6.45) is 4.29. The van der Waals surface area contributed by atoms with Crippen LogP contribution >= 0.6 is 0 Å². The summed E-state index contributed by atoms with van der Waals surface area (Å²) in [5.74, 6) is 1.58. The van der Waals surface area contributed by atoms with Crippen LogP contribution < -0.4 is 5.32 Å². The number of nitriles is 1. The van der Waals surface area contributed by atoms with Crippen molar-refractivity contribution < 1.29 is 0 Å². The molecule has 0 aromatic carbocycles. The van der Waals surface area contributed by atoms with Gasteiger partial charge in [0.1, 0.15) is 17.7 Å². The third-order valence-corrected chi connectivity index (χ3v) is 2.67. The Hall–Kier alpha value is -2.35. The van der Waals surface area contributed by atoms with Crippen molar-refractivity contribution in [3.05, 3.63) is 41.1 Å². The summed E-state index contributed by atoms with van der Waals surface area (Å²) in [5.41, 5.74) is 2.47. The highest BCUT2D eigenvalue weighted by atomic mass is 15.0. The molecule has 2 aromatic heterocycles. The average molecular weight is 241 g/mol. The van der Waals surface area contributed by atoms with E-state index in [0.717, 1.165) is 23.5 Å². The van der Waals surface area contributed by atoms with E-state index in [1.54, 1.807) is 12.4 Å². The van der Waals surface area contributed by atoms with Gasteiger partial charge in [0.2, 0.25) is 0 Å². The first-order valence-corrected chi connectivity index (χ1v) is 5.81. The molecule has 2 rings (SSSR count). The minimum atomic E-state index is 0.611. The molecular formula is C13H15N5. The Kier molecular flexibility index (Phi) is 3.58. The summed E-state index contributed by atoms with van der Waals surface area (Å²) in [4.78, 5) is 11.5. The van der Waals surface area contributed by atoms with Crippen LogP contribution in [0, 0.1) is 25.2 Å². The van der Waals surface area contributed by atoms with E-state index in [2.05, 4.69) is 26.3 Å². The zero-order valence-electron chi connectivity index (χ0n) is 10.5. The minimum absolute atomic E-state index is 0.611. The second-order valence-electron chi connectivity index (χ2n) is 4.13. The van der Waals surface area contributed by atoms with E-state index in [0.29, 0.717) is 17.9 Å². The molecule has 0 aliphatic heterocycles. The third kappa shape index (κ3) is 2.66. The standard InChI is InChI=1S/C13H15N5/c1-9-7-10(2)18-13(11(9)8-14)17-4-3-12-15-5-6-16-12/h5-7H,3-4H2,1-2H3,(H,15,16)(H,17,18). The molecule has 0 bridgehead atoms. The average Bonchev–Trinajstić information content (AvgIpc) is 2.81. The van der Waals surface area contributed by atoms with Gasteiger partial charge in [0.25, 0.3) is 0 Å². The van der Waals surface area contributed by atoms with Crippen molar-refractivity contribution in [2.24, 2.45) is 0 Å². The molecule has 0 unspecified atom stereocenters. The van der Waals surface area contributed by atoms with Crippen LogP contribution in [0.2, 0.25) is 0 Å². The first kappa shape index (κ1) is 12.1. The van der Waals surface area contributed by atoms with Crippen molar-refractivity contribution in [3.8, 4) is 6.07 Å². The lowest BCUT2D eigenvalue weighted by Gasteiger charge is -2.09. The number of nitrogens with zero attached hydrogens (tertiary/aromatic N) is 3. The molecule has 5 nitrogen and oxygen atoms in total. The second kappa shape index (κ2) is 5.32. The van der Waals surface area contributed by atoms with E-state index in [1.807, 2.05) is 19.9 Å². The predicted molar refractivity (Wildman–Crippen MR) is 69.2 cm³/mol. The summed E-state index contributed by atoms with van der Waals surface area (Å²) in [6.45, 7) is 4.54. The number of aryl methyl sites for hydroxylation is 2. The highest BCUT2D eigenvalue weighted by molar-refractivity contribution is 5.56. The molecule has 2 N–H and O–H groups in total. The molecule has 0 fully saturated rings. The fourth-order valence-electron chi connectivity index (χ4n) is 1.84. The van der Waals surface area contributed by atoms with Crippen molar-refractivity contribution in [1.82, 2.24) is 15.0 Å². The Morgan fingerprint density at radius 1 is 1.44 bits per heavy atom. The first-order chi connectivity index (χ1) is 8.70. The summed E-state index contributed by atoms with van der Waals surface area (Å²) < 4.78 is 0. The molecule has 0 radical (unpaired) electrons. The number of pyridine rings is 1. The highest BCUT2D eigenvalue weighted by Crippen LogP contribution is 2.17. The van der Waals surface area contributed by atoms with Crippen molar-refractivity contribution >= 4 is 5.82 Å². The molecular weight excluding hydrogens is 226 g/mol. The van der Waals surface area contributed by atoms with E-state index in [1.165, 1.54) is 0 Å². The number of aromatic nitrogens is 3. The van der Waals surface area contributed by atoms with E-state index in [4.69, 9.17) is 5.26 Å². The number of hydrogen-bond donors (Lipinski definition) is 2. The summed E-state index contributed by atoms with van der Waals surface area (Å²) in [6, 6.07) is 4.10. The maximum Gasteiger partial charge on any atom is 0.144 e. The van der Waals surface area contributed by atoms with E-state index < -0.39 is 0 Å². The maximum absolute atomic E-state index is 9.12. The lowest BCUT2D eigenvalue weighted by Crippen LogP contribution is -2.10. The van der Waals surface area contributed by atoms with Gasteiger partial charge >= 0.3 is 0 Å². The molecule has 0 atom stereocenters. The number of hydrogen-bond acceptors (Lipinski definition) is 4. The van der Waals surface area contributed by atoms with Gasteiger partial charge in [-0.3, -0.25) is 0 Å². The molecule has 2 aromatic rings. The Morgan fingerprint density at radius 3 is 2.94 bits per heavy atom. The van der Waals surface area contributed by atoms with Crippen LogP contribution in [0.4, 0.5) is 5.82 Å². The van der Waals surface area contributed by atoms with E-state index in [9.17, 15) is 0 Å². The number of imidazole rings is 1. The molecule has 0 spiro atoms. The highest BCUT2D eigenvalue weighted by Gasteiger charge is 2.07. The van der Waals surface area contributed by atoms with Gasteiger partial charge in [0, 0.05) is 31.1 Å². The minimum Gasteiger partial charge on any atom is -0.369 e. The van der Waals surface area contributed by atoms with Gasteiger partial charge in [0.05, 0.1) is 5.56 Å². The monoisotopic (exact) mass is 241 g/mol. The van der Waals surface area contributed by atoms with E-state index >= 15 is 0 Å². The number of nitrogens with one attached hydrogen (secondary N) is 2. The van der Waals surface area contributed by atoms with Gasteiger partial charge in [-0.05, 0) is 25.5 Å². The Balaban J connectivity index is 2.07. The van der Waals surface area contributed by atoms with Crippen LogP contribution in [0.15, 0.2) is 18.5 Å². The summed E-state index contributed by atoms with van der Waals surface area (Å²) in [7, 11) is 0. The number of anilines is 1. The molecule has 0 amide bonds. The smallest absolute Gasteiger partial charge is 0.144 e. The van der Waals surface area contributed by atoms with Gasteiger partial charge in [-0.2, -0.15) is 5.26 Å². The molecule has 0 saturated heterocycles. The SMILES string of the molecule is Cc1cc(C)c(C#N)c(NCCc2ncc[nH]2)n1. The Morgan fingerprint density at radius 2 is 2.28 bits per heavy atom. The lowest BCUT2D eigenvalue weighted by atomic mass is 10.1. The van der Waals surface area contributed by atoms with E-state index in [-0.39, 0.29) is 0 Å². The quantitative estimate of drug-likeness (QED) is 0.857. The Bertz CT molecular complexity index is 566. The van der Waals surface area contributed by atoms with Gasteiger partial charge in [0.15, 0.2) is 0 Å². The zero-order valence-corrected chi connectivity index (χ0v) is 10.5. The van der Waals surface area contributed by atoms with Crippen LogP contribution in [0.25, 0.3) is 0 Å². The van der Waals surface area contributed by atoms with Crippen LogP contribution in [0.5, 0.6) is 0 Å². The van der Waals surface area contributed by atoms with Crippen molar-refractivity contribution in [3.63, 3.8) is 0 Å². The third-order valence-electron chi connectivity index (χ3n) is 2.67. The fraction of sp³-hybridized carbons (Fsp3) is 0.308. The second-order valence-corrected chi connectivity index (χ2v) is 4.13. The van der Waals surface area contributed by atoms with Crippen LogP contribution in [-0.2, 0) is 6.42 Å². The first-order valence-electron chi connectivity index (χ1n) is 5.81. The largest absolute Gasteiger partial charge is 0.369 e. The predicted octanol–water partition coefficient (Wildman–Crippen LogP) is 1.95. The zero-order chi connectivity index (χ0) is 13.0. The molecule has 0 aliphatic carbocycles. The van der Waals surface area contributed by atoms with Gasteiger partial charge < -0.3 is 10.3 Å². The van der Waals surface area contributed by atoms with Crippen molar-refractivity contribution in [2.75, 3.05) is 11.9 Å². The van der Waals surface area contributed by atoms with Gasteiger partial charge in [-0.25, -0.2) is 9.97 Å². The van der Waals surface area contributed by atoms with Crippen LogP contribution in [0.3, 0.4) is 0 Å².